The Morgan fingerprint density at radius 1 is 1.50 bits per heavy atom. The zero-order valence-corrected chi connectivity index (χ0v) is 11.5. The molecule has 1 heterocycles. The predicted octanol–water partition coefficient (Wildman–Crippen LogP) is 3.06. The number of benzene rings is 1. The Balaban J connectivity index is 2.30. The smallest absolute Gasteiger partial charge is 0.263 e. The van der Waals surface area contributed by atoms with Crippen LogP contribution < -0.4 is 5.32 Å². The van der Waals surface area contributed by atoms with Crippen LogP contribution in [0.5, 0.6) is 0 Å². The molecule has 0 fully saturated rings. The number of fused-ring (bicyclic) bond motifs is 1. The van der Waals surface area contributed by atoms with Crippen molar-refractivity contribution in [2.45, 2.75) is 19.4 Å². The maximum atomic E-state index is 12.1. The Kier molecular flexibility index (Phi) is 4.22. The van der Waals surface area contributed by atoms with Crippen LogP contribution in [0, 0.1) is 0 Å². The Hall–Kier alpha value is -1.10. The first-order chi connectivity index (χ1) is 8.67. The molecule has 2 rings (SSSR count). The van der Waals surface area contributed by atoms with E-state index in [1.54, 1.807) is 0 Å². The van der Waals surface area contributed by atoms with Gasteiger partial charge in [-0.15, -0.1) is 11.3 Å². The lowest BCUT2D eigenvalue weighted by Crippen LogP contribution is -2.36. The van der Waals surface area contributed by atoms with Crippen LogP contribution in [0.3, 0.4) is 0 Å². The predicted molar refractivity (Wildman–Crippen MR) is 75.5 cm³/mol. The van der Waals surface area contributed by atoms with Crippen molar-refractivity contribution < 1.29 is 9.90 Å². The number of amides is 1. The van der Waals surface area contributed by atoms with Gasteiger partial charge in [-0.2, -0.15) is 0 Å². The second kappa shape index (κ2) is 5.69. The van der Waals surface area contributed by atoms with E-state index in [1.165, 1.54) is 11.3 Å². The van der Waals surface area contributed by atoms with Gasteiger partial charge in [-0.3, -0.25) is 4.79 Å². The van der Waals surface area contributed by atoms with Gasteiger partial charge in [-0.1, -0.05) is 36.7 Å². The monoisotopic (exact) mass is 283 g/mol. The summed E-state index contributed by atoms with van der Waals surface area (Å²) < 4.78 is 0.990. The topological polar surface area (TPSA) is 49.3 Å². The lowest BCUT2D eigenvalue weighted by molar-refractivity contribution is 0.0919. The van der Waals surface area contributed by atoms with Crippen LogP contribution in [-0.2, 0) is 0 Å². The highest BCUT2D eigenvalue weighted by atomic mass is 35.5. The number of aliphatic hydroxyl groups is 1. The summed E-state index contributed by atoms with van der Waals surface area (Å²) >= 11 is 7.58. The number of nitrogens with one attached hydrogen (secondary N) is 1. The quantitative estimate of drug-likeness (QED) is 0.906. The van der Waals surface area contributed by atoms with Gasteiger partial charge in [0, 0.05) is 10.1 Å². The van der Waals surface area contributed by atoms with E-state index < -0.39 is 0 Å². The zero-order chi connectivity index (χ0) is 13.1. The minimum Gasteiger partial charge on any atom is -0.394 e. The van der Waals surface area contributed by atoms with Crippen molar-refractivity contribution in [1.29, 1.82) is 0 Å². The molecule has 5 heteroatoms. The van der Waals surface area contributed by atoms with Gasteiger partial charge >= 0.3 is 0 Å². The molecule has 1 aromatic carbocycles. The highest BCUT2D eigenvalue weighted by Gasteiger charge is 2.18. The zero-order valence-electron chi connectivity index (χ0n) is 9.94. The highest BCUT2D eigenvalue weighted by Crippen LogP contribution is 2.34. The number of hydrogen-bond donors (Lipinski definition) is 2. The molecule has 1 aromatic heterocycles. The van der Waals surface area contributed by atoms with E-state index in [4.69, 9.17) is 16.7 Å². The van der Waals surface area contributed by atoms with Gasteiger partial charge in [-0.05, 0) is 12.5 Å². The van der Waals surface area contributed by atoms with E-state index in [0.29, 0.717) is 16.3 Å². The van der Waals surface area contributed by atoms with E-state index in [0.717, 1.165) is 10.1 Å². The van der Waals surface area contributed by atoms with Crippen molar-refractivity contribution in [3.8, 4) is 0 Å². The average molecular weight is 284 g/mol. The molecule has 2 N–H and O–H groups in total. The summed E-state index contributed by atoms with van der Waals surface area (Å²) in [7, 11) is 0. The van der Waals surface area contributed by atoms with Crippen LogP contribution in [0.2, 0.25) is 5.02 Å². The second-order valence-corrected chi connectivity index (χ2v) is 5.43. The van der Waals surface area contributed by atoms with E-state index in [9.17, 15) is 4.79 Å². The van der Waals surface area contributed by atoms with Gasteiger partial charge in [0.25, 0.3) is 5.91 Å². The van der Waals surface area contributed by atoms with Gasteiger partial charge in [0.05, 0.1) is 17.7 Å². The van der Waals surface area contributed by atoms with Gasteiger partial charge in [0.1, 0.15) is 4.88 Å². The third kappa shape index (κ3) is 2.51. The van der Waals surface area contributed by atoms with E-state index >= 15 is 0 Å². The number of rotatable bonds is 4. The number of aliphatic hydroxyl groups excluding tert-OH is 1. The minimum absolute atomic E-state index is 0.0647. The van der Waals surface area contributed by atoms with Gasteiger partial charge < -0.3 is 10.4 Å². The van der Waals surface area contributed by atoms with Crippen LogP contribution >= 0.6 is 22.9 Å². The molecular weight excluding hydrogens is 270 g/mol. The molecule has 18 heavy (non-hydrogen) atoms. The first-order valence-corrected chi connectivity index (χ1v) is 6.95. The van der Waals surface area contributed by atoms with E-state index in [-0.39, 0.29) is 18.6 Å². The molecular formula is C13H14ClNO2S. The number of halogens is 1. The van der Waals surface area contributed by atoms with Crippen LogP contribution in [0.4, 0.5) is 0 Å². The molecule has 0 spiro atoms. The molecule has 0 aliphatic heterocycles. The van der Waals surface area contributed by atoms with E-state index in [2.05, 4.69) is 5.32 Å². The summed E-state index contributed by atoms with van der Waals surface area (Å²) in [6, 6.07) is 7.42. The summed E-state index contributed by atoms with van der Waals surface area (Å²) in [5.74, 6) is -0.220. The summed E-state index contributed by atoms with van der Waals surface area (Å²) in [4.78, 5) is 12.6. The third-order valence-electron chi connectivity index (χ3n) is 2.79. The fraction of sp³-hybridized carbons (Fsp3) is 0.308. The first kappa shape index (κ1) is 13.3. The molecule has 0 aliphatic rings. The molecule has 1 atom stereocenters. The summed E-state index contributed by atoms with van der Waals surface area (Å²) in [6.07, 6.45) is 0.685. The average Bonchev–Trinajstić information content (AvgIpc) is 2.74. The molecule has 0 aliphatic carbocycles. The summed E-state index contributed by atoms with van der Waals surface area (Å²) in [6.45, 7) is 1.85. The molecule has 0 bridgehead atoms. The Morgan fingerprint density at radius 3 is 2.83 bits per heavy atom. The van der Waals surface area contributed by atoms with Crippen LogP contribution in [0.15, 0.2) is 24.3 Å². The number of thiophene rings is 1. The van der Waals surface area contributed by atoms with Crippen LogP contribution in [-0.4, -0.2) is 23.7 Å². The summed E-state index contributed by atoms with van der Waals surface area (Å²) in [5.41, 5.74) is 0. The van der Waals surface area contributed by atoms with Gasteiger partial charge in [0.15, 0.2) is 0 Å². The second-order valence-electron chi connectivity index (χ2n) is 4.00. The molecule has 3 nitrogen and oxygen atoms in total. The van der Waals surface area contributed by atoms with Crippen molar-refractivity contribution in [2.75, 3.05) is 6.61 Å². The summed E-state index contributed by atoms with van der Waals surface area (Å²) in [5, 5.41) is 13.2. The lowest BCUT2D eigenvalue weighted by Gasteiger charge is -2.13. The van der Waals surface area contributed by atoms with Gasteiger partial charge in [-0.25, -0.2) is 0 Å². The standard InChI is InChI=1S/C13H14ClNO2S/c1-2-8(7-16)15-13(17)12-11(14)9-5-3-4-6-10(9)18-12/h3-6,8,16H,2,7H2,1H3,(H,15,17). The molecule has 1 amide bonds. The largest absolute Gasteiger partial charge is 0.394 e. The van der Waals surface area contributed by atoms with E-state index in [1.807, 2.05) is 31.2 Å². The van der Waals surface area contributed by atoms with Crippen LogP contribution in [0.1, 0.15) is 23.0 Å². The third-order valence-corrected chi connectivity index (χ3v) is 4.46. The SMILES string of the molecule is CCC(CO)NC(=O)c1sc2ccccc2c1Cl. The van der Waals surface area contributed by atoms with Crippen molar-refractivity contribution in [3.63, 3.8) is 0 Å². The normalized spacial score (nSPS) is 12.6. The maximum absolute atomic E-state index is 12.1. The van der Waals surface area contributed by atoms with Crippen LogP contribution in [0.25, 0.3) is 10.1 Å². The molecule has 96 valence electrons. The van der Waals surface area contributed by atoms with Crippen molar-refractivity contribution in [1.82, 2.24) is 5.32 Å². The molecule has 0 radical (unpaired) electrons. The van der Waals surface area contributed by atoms with Crippen molar-refractivity contribution >= 4 is 38.9 Å². The Labute approximate surface area is 114 Å². The number of hydrogen-bond acceptors (Lipinski definition) is 3. The minimum atomic E-state index is -0.223. The molecule has 0 saturated heterocycles. The molecule has 1 unspecified atom stereocenters. The lowest BCUT2D eigenvalue weighted by atomic mass is 10.2. The Bertz CT molecular complexity index is 563. The molecule has 2 aromatic rings. The van der Waals surface area contributed by atoms with Crippen molar-refractivity contribution in [3.05, 3.63) is 34.2 Å². The number of carbonyl (C=O) groups excluding carboxylic acids is 1. The fourth-order valence-corrected chi connectivity index (χ4v) is 3.11. The highest BCUT2D eigenvalue weighted by molar-refractivity contribution is 7.21. The van der Waals surface area contributed by atoms with Crippen molar-refractivity contribution in [2.24, 2.45) is 0 Å². The first-order valence-electron chi connectivity index (χ1n) is 5.76. The number of carbonyl (C=O) groups is 1. The Morgan fingerprint density at radius 2 is 2.22 bits per heavy atom. The fourth-order valence-electron chi connectivity index (χ4n) is 1.69. The molecule has 0 saturated carbocycles. The van der Waals surface area contributed by atoms with Gasteiger partial charge in [0.2, 0.25) is 0 Å². The maximum Gasteiger partial charge on any atom is 0.263 e.